The van der Waals surface area contributed by atoms with Crippen LogP contribution in [-0.2, 0) is 4.79 Å². The minimum atomic E-state index is 0. The third-order valence-electron chi connectivity index (χ3n) is 2.26. The molecule has 1 aliphatic heterocycles. The van der Waals surface area contributed by atoms with Crippen LogP contribution in [0.3, 0.4) is 0 Å². The average Bonchev–Trinajstić information content (AvgIpc) is 2.42. The normalized spacial score (nSPS) is 14.3. The number of amides is 1. The van der Waals surface area contributed by atoms with Crippen molar-refractivity contribution in [3.63, 3.8) is 0 Å². The molecule has 1 amide bonds. The van der Waals surface area contributed by atoms with Gasteiger partial charge in [0, 0.05) is 21.4 Å². The number of carbonyl (C=O) groups is 1. The van der Waals surface area contributed by atoms with Gasteiger partial charge in [-0.15, -0.1) is 0 Å². The smallest absolute Gasteiger partial charge is 0.226 e. The van der Waals surface area contributed by atoms with Crippen LogP contribution in [0.1, 0.15) is 21.7 Å². The minimum absolute atomic E-state index is 0. The maximum absolute atomic E-state index is 11.3. The van der Waals surface area contributed by atoms with Crippen molar-refractivity contribution >= 4 is 17.3 Å². The van der Waals surface area contributed by atoms with E-state index >= 15 is 0 Å². The zero-order valence-corrected chi connectivity index (χ0v) is 9.58. The summed E-state index contributed by atoms with van der Waals surface area (Å²) in [5.74, 6) is 0.0943. The van der Waals surface area contributed by atoms with Gasteiger partial charge in [-0.3, -0.25) is 4.79 Å². The summed E-state index contributed by atoms with van der Waals surface area (Å²) in [6.07, 6.45) is 0.561. The second-order valence-electron chi connectivity index (χ2n) is 3.24. The molecule has 0 saturated carbocycles. The van der Waals surface area contributed by atoms with Crippen molar-refractivity contribution < 1.29 is 6.22 Å². The molecular formula is C12H20N2O. The molecule has 0 aromatic heterocycles. The molecule has 0 spiro atoms. The van der Waals surface area contributed by atoms with Crippen LogP contribution in [0.5, 0.6) is 0 Å². The Hall–Kier alpha value is -1.51. The van der Waals surface area contributed by atoms with Crippen LogP contribution in [-0.4, -0.2) is 19.5 Å². The molecule has 1 aromatic carbocycles. The van der Waals surface area contributed by atoms with Gasteiger partial charge in [-0.05, 0) is 12.1 Å². The number of carbonyl (C=O) groups excluding carboxylic acids is 1. The number of para-hydroxylation sites is 2. The van der Waals surface area contributed by atoms with Gasteiger partial charge in [0.1, 0.15) is 0 Å². The molecule has 0 bridgehead atoms. The number of fused-ring (bicyclic) bond motifs is 1. The van der Waals surface area contributed by atoms with Gasteiger partial charge in [0.25, 0.3) is 0 Å². The van der Waals surface area contributed by atoms with Crippen molar-refractivity contribution in [3.05, 3.63) is 24.3 Å². The van der Waals surface area contributed by atoms with E-state index in [1.54, 1.807) is 0 Å². The molecule has 1 N–H and O–H groups in total. The van der Waals surface area contributed by atoms with Crippen LogP contribution in [0.4, 0.5) is 11.4 Å². The molecule has 1 heterocycles. The van der Waals surface area contributed by atoms with Gasteiger partial charge < -0.3 is 10.2 Å². The van der Waals surface area contributed by atoms with Crippen molar-refractivity contribution in [2.24, 2.45) is 0 Å². The molecule has 3 nitrogen and oxygen atoms in total. The molecule has 15 heavy (non-hydrogen) atoms. The molecule has 0 saturated heterocycles. The fraction of sp³-hybridized carbons (Fsp3) is 0.417. The number of anilines is 2. The maximum atomic E-state index is 11.3. The first kappa shape index (κ1) is 11.6. The SMILES string of the molecule is CC.CN1CCC(=O)Nc2ccccc21.[HH]. The van der Waals surface area contributed by atoms with Crippen LogP contribution >= 0.6 is 0 Å². The number of nitrogens with one attached hydrogen (secondary N) is 1. The monoisotopic (exact) mass is 208 g/mol. The third-order valence-corrected chi connectivity index (χ3v) is 2.26. The quantitative estimate of drug-likeness (QED) is 0.711. The lowest BCUT2D eigenvalue weighted by Gasteiger charge is -2.17. The molecule has 0 aliphatic carbocycles. The van der Waals surface area contributed by atoms with Crippen molar-refractivity contribution in [3.8, 4) is 0 Å². The lowest BCUT2D eigenvalue weighted by atomic mass is 10.2. The number of nitrogens with zero attached hydrogens (tertiary/aromatic N) is 1. The van der Waals surface area contributed by atoms with Crippen molar-refractivity contribution in [2.75, 3.05) is 23.8 Å². The average molecular weight is 208 g/mol. The van der Waals surface area contributed by atoms with Crippen LogP contribution in [0.15, 0.2) is 24.3 Å². The van der Waals surface area contributed by atoms with Gasteiger partial charge in [-0.2, -0.15) is 0 Å². The molecule has 2 rings (SSSR count). The van der Waals surface area contributed by atoms with Gasteiger partial charge in [-0.25, -0.2) is 0 Å². The van der Waals surface area contributed by atoms with Gasteiger partial charge in [0.15, 0.2) is 0 Å². The van der Waals surface area contributed by atoms with E-state index in [0.29, 0.717) is 6.42 Å². The van der Waals surface area contributed by atoms with Crippen LogP contribution in [0.2, 0.25) is 0 Å². The predicted molar refractivity (Wildman–Crippen MR) is 66.4 cm³/mol. The molecule has 0 radical (unpaired) electrons. The summed E-state index contributed by atoms with van der Waals surface area (Å²) in [7, 11) is 2.00. The summed E-state index contributed by atoms with van der Waals surface area (Å²) in [4.78, 5) is 13.3. The maximum Gasteiger partial charge on any atom is 0.226 e. The number of hydrogen-bond acceptors (Lipinski definition) is 2. The van der Waals surface area contributed by atoms with Crippen LogP contribution < -0.4 is 10.2 Å². The Morgan fingerprint density at radius 2 is 2.00 bits per heavy atom. The van der Waals surface area contributed by atoms with E-state index in [9.17, 15) is 4.79 Å². The highest BCUT2D eigenvalue weighted by Crippen LogP contribution is 2.26. The number of hydrogen-bond donors (Lipinski definition) is 1. The highest BCUT2D eigenvalue weighted by Gasteiger charge is 2.14. The standard InChI is InChI=1S/C10H12N2O.C2H6.H2/c1-12-7-6-10(13)11-8-4-2-3-5-9(8)12;1-2;/h2-5H,6-7H2,1H3,(H,11,13);1-2H3;1H. The van der Waals surface area contributed by atoms with Crippen LogP contribution in [0, 0.1) is 0 Å². The second-order valence-corrected chi connectivity index (χ2v) is 3.24. The second kappa shape index (κ2) is 5.39. The molecular weight excluding hydrogens is 188 g/mol. The molecule has 0 atom stereocenters. The van der Waals surface area contributed by atoms with E-state index < -0.39 is 0 Å². The van der Waals surface area contributed by atoms with Crippen molar-refractivity contribution in [2.45, 2.75) is 20.3 Å². The molecule has 1 aliphatic rings. The van der Waals surface area contributed by atoms with Crippen molar-refractivity contribution in [1.82, 2.24) is 0 Å². The van der Waals surface area contributed by atoms with E-state index in [-0.39, 0.29) is 7.33 Å². The first-order valence-corrected chi connectivity index (χ1v) is 5.37. The topological polar surface area (TPSA) is 32.3 Å². The Bertz CT molecular complexity index is 342. The minimum Gasteiger partial charge on any atom is -0.372 e. The predicted octanol–water partition coefficient (Wildman–Crippen LogP) is 2.74. The summed E-state index contributed by atoms with van der Waals surface area (Å²) in [5, 5.41) is 2.87. The fourth-order valence-electron chi connectivity index (χ4n) is 1.51. The number of benzene rings is 1. The molecule has 0 fully saturated rings. The first-order valence-electron chi connectivity index (χ1n) is 5.37. The zero-order chi connectivity index (χ0) is 11.3. The highest BCUT2D eigenvalue weighted by atomic mass is 16.1. The fourth-order valence-corrected chi connectivity index (χ4v) is 1.51. The number of rotatable bonds is 0. The van der Waals surface area contributed by atoms with Gasteiger partial charge in [0.05, 0.1) is 11.4 Å². The lowest BCUT2D eigenvalue weighted by Crippen LogP contribution is -2.18. The summed E-state index contributed by atoms with van der Waals surface area (Å²) < 4.78 is 0. The third kappa shape index (κ3) is 2.72. The van der Waals surface area contributed by atoms with E-state index in [2.05, 4.69) is 10.2 Å². The molecule has 3 heteroatoms. The molecule has 1 aromatic rings. The Kier molecular flexibility index (Phi) is 4.16. The summed E-state index contributed by atoms with van der Waals surface area (Å²) in [5.41, 5.74) is 2.00. The molecule has 0 unspecified atom stereocenters. The van der Waals surface area contributed by atoms with E-state index in [0.717, 1.165) is 17.9 Å². The first-order chi connectivity index (χ1) is 7.27. The highest BCUT2D eigenvalue weighted by molar-refractivity contribution is 5.96. The van der Waals surface area contributed by atoms with E-state index in [4.69, 9.17) is 0 Å². The van der Waals surface area contributed by atoms with Crippen LogP contribution in [0.25, 0.3) is 0 Å². The summed E-state index contributed by atoms with van der Waals surface area (Å²) in [6.45, 7) is 4.78. The Balaban J connectivity index is 0.000000711. The van der Waals surface area contributed by atoms with E-state index in [1.165, 1.54) is 0 Å². The Morgan fingerprint density at radius 1 is 1.33 bits per heavy atom. The summed E-state index contributed by atoms with van der Waals surface area (Å²) >= 11 is 0. The Morgan fingerprint density at radius 3 is 2.73 bits per heavy atom. The van der Waals surface area contributed by atoms with Gasteiger partial charge in [-0.1, -0.05) is 26.0 Å². The largest absolute Gasteiger partial charge is 0.372 e. The van der Waals surface area contributed by atoms with Crippen molar-refractivity contribution in [1.29, 1.82) is 0 Å². The molecule has 84 valence electrons. The summed E-state index contributed by atoms with van der Waals surface area (Å²) in [6, 6.07) is 7.85. The Labute approximate surface area is 92.6 Å². The van der Waals surface area contributed by atoms with E-state index in [1.807, 2.05) is 45.2 Å². The van der Waals surface area contributed by atoms with Gasteiger partial charge in [0.2, 0.25) is 5.91 Å². The lowest BCUT2D eigenvalue weighted by molar-refractivity contribution is -0.115. The zero-order valence-electron chi connectivity index (χ0n) is 9.58. The van der Waals surface area contributed by atoms with Gasteiger partial charge >= 0.3 is 0 Å².